The third-order valence-electron chi connectivity index (χ3n) is 13.0. The molecule has 0 atom stereocenters. The number of hydrogen-bond acceptors (Lipinski definition) is 2. The van der Waals surface area contributed by atoms with Crippen LogP contribution in [0, 0.1) is 0 Å². The lowest BCUT2D eigenvalue weighted by molar-refractivity contribution is 0.671. The number of pyridine rings is 1. The van der Waals surface area contributed by atoms with E-state index in [1.54, 1.807) is 0 Å². The van der Waals surface area contributed by atoms with Crippen LogP contribution >= 0.6 is 0 Å². The summed E-state index contributed by atoms with van der Waals surface area (Å²) in [5.74, 6) is 0. The first-order valence-corrected chi connectivity index (χ1v) is 20.1. The van der Waals surface area contributed by atoms with Crippen molar-refractivity contribution in [2.24, 2.45) is 0 Å². The van der Waals surface area contributed by atoms with Crippen LogP contribution in [0.5, 0.6) is 0 Å². The topological polar surface area (TPSA) is 39.5 Å². The summed E-state index contributed by atoms with van der Waals surface area (Å²) in [7, 11) is 0. The number of furan rings is 1. The predicted octanol–water partition coefficient (Wildman–Crippen LogP) is 14.3. The third kappa shape index (κ3) is 4.00. The van der Waals surface area contributed by atoms with Crippen molar-refractivity contribution in [2.75, 3.05) is 0 Å². The lowest BCUT2D eigenvalue weighted by Gasteiger charge is -2.15. The number of nitrogens with zero attached hydrogens (tertiary/aromatic N) is 2. The molecule has 0 aliphatic heterocycles. The molecule has 0 aliphatic rings. The van der Waals surface area contributed by atoms with Crippen LogP contribution < -0.4 is 5.56 Å². The van der Waals surface area contributed by atoms with E-state index in [0.29, 0.717) is 0 Å². The molecular weight excluding hydrogens is 721 g/mol. The van der Waals surface area contributed by atoms with Crippen LogP contribution in [0.15, 0.2) is 191 Å². The third-order valence-corrected chi connectivity index (χ3v) is 13.0. The summed E-state index contributed by atoms with van der Waals surface area (Å²) >= 11 is 0. The summed E-state index contributed by atoms with van der Waals surface area (Å²) in [4.78, 5) is 13.9. The lowest BCUT2D eigenvalue weighted by Crippen LogP contribution is -2.12. The molecule has 0 N–H and O–H groups in total. The van der Waals surface area contributed by atoms with Gasteiger partial charge in [-0.15, -0.1) is 0 Å². The largest absolute Gasteiger partial charge is 0.454 e. The van der Waals surface area contributed by atoms with Gasteiger partial charge in [0.05, 0.1) is 22.1 Å². The molecule has 14 aromatic rings. The first-order valence-electron chi connectivity index (χ1n) is 20.1. The van der Waals surface area contributed by atoms with Gasteiger partial charge in [0.1, 0.15) is 5.58 Å². The maximum atomic E-state index is 13.9. The molecule has 0 bridgehead atoms. The van der Waals surface area contributed by atoms with Crippen molar-refractivity contribution < 1.29 is 4.42 Å². The molecule has 0 unspecified atom stereocenters. The SMILES string of the molecule is O=c1c2ccccc2c2cc(-c3ccc4c5ccc(-n6c7ccccc7c7ccc8c9ccccc9oc8c76)cc5c5ccccc5c4c3)cc3c4ccccc4n1c23. The zero-order valence-electron chi connectivity index (χ0n) is 31.5. The Morgan fingerprint density at radius 3 is 1.61 bits per heavy atom. The van der Waals surface area contributed by atoms with Gasteiger partial charge in [-0.05, 0) is 109 Å². The van der Waals surface area contributed by atoms with E-state index in [-0.39, 0.29) is 5.56 Å². The van der Waals surface area contributed by atoms with Gasteiger partial charge in [-0.2, -0.15) is 0 Å². The monoisotopic (exact) mass is 750 g/mol. The van der Waals surface area contributed by atoms with Crippen LogP contribution in [0.2, 0.25) is 0 Å². The van der Waals surface area contributed by atoms with E-state index >= 15 is 0 Å². The van der Waals surface area contributed by atoms with E-state index in [9.17, 15) is 4.79 Å². The van der Waals surface area contributed by atoms with Crippen LogP contribution in [0.3, 0.4) is 0 Å². The molecule has 4 nitrogen and oxygen atoms in total. The van der Waals surface area contributed by atoms with Gasteiger partial charge in [0.2, 0.25) is 0 Å². The van der Waals surface area contributed by atoms with E-state index in [1.807, 2.05) is 34.7 Å². The molecule has 4 heterocycles. The predicted molar refractivity (Wildman–Crippen MR) is 247 cm³/mol. The van der Waals surface area contributed by atoms with Gasteiger partial charge >= 0.3 is 0 Å². The van der Waals surface area contributed by atoms with Crippen molar-refractivity contribution in [1.82, 2.24) is 8.97 Å². The molecule has 0 saturated carbocycles. The summed E-state index contributed by atoms with van der Waals surface area (Å²) in [5, 5.41) is 16.9. The molecule has 14 rings (SSSR count). The second-order valence-electron chi connectivity index (χ2n) is 15.9. The Morgan fingerprint density at radius 2 is 0.847 bits per heavy atom. The van der Waals surface area contributed by atoms with Gasteiger partial charge in [0, 0.05) is 48.8 Å². The summed E-state index contributed by atoms with van der Waals surface area (Å²) in [6.45, 7) is 0. The first kappa shape index (κ1) is 31.2. The smallest absolute Gasteiger partial charge is 0.263 e. The van der Waals surface area contributed by atoms with Crippen molar-refractivity contribution >= 4 is 114 Å². The van der Waals surface area contributed by atoms with Gasteiger partial charge in [0.25, 0.3) is 5.56 Å². The van der Waals surface area contributed by atoms with E-state index < -0.39 is 0 Å². The fourth-order valence-corrected chi connectivity index (χ4v) is 10.5. The number of rotatable bonds is 2. The highest BCUT2D eigenvalue weighted by atomic mass is 16.3. The highest BCUT2D eigenvalue weighted by Crippen LogP contribution is 2.44. The van der Waals surface area contributed by atoms with Crippen LogP contribution in [0.4, 0.5) is 0 Å². The molecule has 272 valence electrons. The summed E-state index contributed by atoms with van der Waals surface area (Å²) in [6, 6.07) is 65.0. The minimum absolute atomic E-state index is 0.0280. The van der Waals surface area contributed by atoms with Crippen LogP contribution in [0.25, 0.3) is 131 Å². The molecule has 59 heavy (non-hydrogen) atoms. The number of benzene rings is 10. The van der Waals surface area contributed by atoms with E-state index in [4.69, 9.17) is 4.42 Å². The van der Waals surface area contributed by atoms with Gasteiger partial charge in [0.15, 0.2) is 5.58 Å². The number of aromatic nitrogens is 2. The molecule has 0 spiro atoms. The molecule has 10 aromatic carbocycles. The van der Waals surface area contributed by atoms with Gasteiger partial charge in [-0.3, -0.25) is 9.20 Å². The fourth-order valence-electron chi connectivity index (χ4n) is 10.5. The van der Waals surface area contributed by atoms with Crippen LogP contribution in [-0.2, 0) is 0 Å². The van der Waals surface area contributed by atoms with Crippen LogP contribution in [-0.4, -0.2) is 8.97 Å². The molecule has 0 aliphatic carbocycles. The highest BCUT2D eigenvalue weighted by molar-refractivity contribution is 6.27. The molecule has 0 amide bonds. The molecule has 0 radical (unpaired) electrons. The maximum absolute atomic E-state index is 13.9. The van der Waals surface area contributed by atoms with Crippen molar-refractivity contribution in [3.05, 3.63) is 192 Å². The van der Waals surface area contributed by atoms with Crippen molar-refractivity contribution in [3.8, 4) is 16.8 Å². The Labute approximate surface area is 335 Å². The Balaban J connectivity index is 1.03. The molecular formula is C55H30N2O2. The van der Waals surface area contributed by atoms with E-state index in [0.717, 1.165) is 87.8 Å². The first-order chi connectivity index (χ1) is 29.2. The van der Waals surface area contributed by atoms with Crippen molar-refractivity contribution in [2.45, 2.75) is 0 Å². The highest BCUT2D eigenvalue weighted by Gasteiger charge is 2.21. The zero-order valence-corrected chi connectivity index (χ0v) is 31.5. The van der Waals surface area contributed by atoms with Crippen molar-refractivity contribution in [3.63, 3.8) is 0 Å². The standard InChI is InChI=1S/C55H30N2O2/c58-55-44-17-4-3-13-36(44)47-28-32(29-48-40-15-6-9-19-50(40)57(55)52(47)48)31-21-23-37-38-24-22-33(30-46(38)35-12-2-1-11-34(35)45(37)27-31)56-49-18-8-5-14-39(49)42-25-26-43-41-16-7-10-20-51(41)59-54(43)53(42)56/h1-30H. The second kappa shape index (κ2) is 11.1. The average Bonchev–Trinajstić information content (AvgIpc) is 3.96. The second-order valence-corrected chi connectivity index (χ2v) is 15.9. The summed E-state index contributed by atoms with van der Waals surface area (Å²) < 4.78 is 11.0. The number of hydrogen-bond donors (Lipinski definition) is 0. The Hall–Kier alpha value is -7.95. The minimum Gasteiger partial charge on any atom is -0.454 e. The Kier molecular flexibility index (Phi) is 5.88. The zero-order chi connectivity index (χ0) is 38.5. The number of para-hydroxylation sites is 3. The number of fused-ring (bicyclic) bond motifs is 18. The van der Waals surface area contributed by atoms with E-state index in [2.05, 4.69) is 156 Å². The van der Waals surface area contributed by atoms with Crippen molar-refractivity contribution in [1.29, 1.82) is 0 Å². The van der Waals surface area contributed by atoms with Gasteiger partial charge in [-0.1, -0.05) is 121 Å². The molecule has 4 heteroatoms. The fraction of sp³-hybridized carbons (Fsp3) is 0. The van der Waals surface area contributed by atoms with Gasteiger partial charge in [-0.25, -0.2) is 0 Å². The minimum atomic E-state index is 0.0280. The van der Waals surface area contributed by atoms with E-state index in [1.165, 1.54) is 43.1 Å². The summed E-state index contributed by atoms with van der Waals surface area (Å²) in [6.07, 6.45) is 0. The normalized spacial score (nSPS) is 12.5. The quantitative estimate of drug-likeness (QED) is 0.165. The molecule has 0 fully saturated rings. The van der Waals surface area contributed by atoms with Gasteiger partial charge < -0.3 is 8.98 Å². The Bertz CT molecular complexity index is 4200. The van der Waals surface area contributed by atoms with Crippen LogP contribution in [0.1, 0.15) is 0 Å². The maximum Gasteiger partial charge on any atom is 0.263 e. The lowest BCUT2D eigenvalue weighted by atomic mass is 9.91. The molecule has 4 aromatic heterocycles. The molecule has 0 saturated heterocycles. The Morgan fingerprint density at radius 1 is 0.339 bits per heavy atom. The summed E-state index contributed by atoms with van der Waals surface area (Å²) in [5.41, 5.74) is 9.35. The average molecular weight is 751 g/mol.